The van der Waals surface area contributed by atoms with E-state index in [0.717, 1.165) is 22.3 Å². The summed E-state index contributed by atoms with van der Waals surface area (Å²) in [5.41, 5.74) is 2.79. The summed E-state index contributed by atoms with van der Waals surface area (Å²) in [5.74, 6) is -0.226. The summed E-state index contributed by atoms with van der Waals surface area (Å²) in [6, 6.07) is 11.5. The number of amides is 1. The van der Waals surface area contributed by atoms with Gasteiger partial charge in [0.1, 0.15) is 0 Å². The number of carbonyl (C=O) groups excluding carboxylic acids is 1. The minimum absolute atomic E-state index is 0. The topological polar surface area (TPSA) is 92.1 Å². The Morgan fingerprint density at radius 2 is 2.03 bits per heavy atom. The number of aliphatic hydroxyl groups is 1. The van der Waals surface area contributed by atoms with Gasteiger partial charge < -0.3 is 15.7 Å². The molecule has 2 aromatic heterocycles. The molecule has 3 aromatic rings. The number of piperidine rings is 1. The Hall–Kier alpha value is -2.48. The second-order valence-corrected chi connectivity index (χ2v) is 7.48. The molecule has 0 saturated carbocycles. The summed E-state index contributed by atoms with van der Waals surface area (Å²) in [5, 5.41) is 22.4. The number of benzene rings is 1. The molecule has 0 aliphatic carbocycles. The van der Waals surface area contributed by atoms with Crippen LogP contribution in [0.4, 0.5) is 0 Å². The smallest absolute Gasteiger partial charge is 0.252 e. The first-order chi connectivity index (χ1) is 13.4. The first-order valence-corrected chi connectivity index (χ1v) is 9.50. The van der Waals surface area contributed by atoms with Gasteiger partial charge in [0.25, 0.3) is 5.91 Å². The molecule has 7 nitrogen and oxygen atoms in total. The predicted molar refractivity (Wildman–Crippen MR) is 114 cm³/mol. The van der Waals surface area contributed by atoms with Crippen LogP contribution in [0.1, 0.15) is 33.7 Å². The van der Waals surface area contributed by atoms with E-state index in [-0.39, 0.29) is 18.3 Å². The molecular formula is C21H26ClN5O2. The minimum Gasteiger partial charge on any atom is -0.389 e. The first-order valence-electron chi connectivity index (χ1n) is 9.50. The summed E-state index contributed by atoms with van der Waals surface area (Å²) in [6.45, 7) is 4.88. The van der Waals surface area contributed by atoms with Gasteiger partial charge in [-0.15, -0.1) is 12.4 Å². The van der Waals surface area contributed by atoms with Crippen molar-refractivity contribution in [3.05, 3.63) is 58.9 Å². The zero-order valence-corrected chi connectivity index (χ0v) is 17.6. The molecule has 0 unspecified atom stereocenters. The van der Waals surface area contributed by atoms with Gasteiger partial charge in [-0.25, -0.2) is 4.98 Å². The standard InChI is InChI=1S/C21H25N5O2.ClH/c1-13-11-16(18-14(2)25-26(3)19(18)23-13)20(28)24-21(9-10-22-12-17(21)27)15-7-5-4-6-8-15;/h4-8,11,17,22,27H,9-10,12H2,1-3H3,(H,24,28);1H/t17-,21-;/m1./s1. The van der Waals surface area contributed by atoms with Crippen molar-refractivity contribution in [1.29, 1.82) is 0 Å². The fourth-order valence-corrected chi connectivity index (χ4v) is 4.17. The molecule has 3 heterocycles. The summed E-state index contributed by atoms with van der Waals surface area (Å²) < 4.78 is 1.70. The van der Waals surface area contributed by atoms with Gasteiger partial charge in [-0.1, -0.05) is 30.3 Å². The molecule has 1 fully saturated rings. The third-order valence-electron chi connectivity index (χ3n) is 5.57. The number of hydrogen-bond donors (Lipinski definition) is 3. The number of aromatic nitrogens is 3. The molecule has 8 heteroatoms. The molecule has 1 aromatic carbocycles. The number of aryl methyl sites for hydroxylation is 3. The van der Waals surface area contributed by atoms with Crippen LogP contribution in [0.25, 0.3) is 11.0 Å². The lowest BCUT2D eigenvalue weighted by atomic mass is 9.79. The Morgan fingerprint density at radius 3 is 2.72 bits per heavy atom. The Kier molecular flexibility index (Phi) is 5.93. The van der Waals surface area contributed by atoms with Gasteiger partial charge >= 0.3 is 0 Å². The lowest BCUT2D eigenvalue weighted by Crippen LogP contribution is -2.61. The fourth-order valence-electron chi connectivity index (χ4n) is 4.17. The highest BCUT2D eigenvalue weighted by Crippen LogP contribution is 2.32. The molecular weight excluding hydrogens is 390 g/mol. The van der Waals surface area contributed by atoms with Gasteiger partial charge in [0, 0.05) is 19.3 Å². The SMILES string of the molecule is Cc1cc(C(=O)N[C@@]2(c3ccccc3)CCNC[C@H]2O)c2c(C)nn(C)c2n1.Cl. The van der Waals surface area contributed by atoms with Crippen LogP contribution in [0.3, 0.4) is 0 Å². The summed E-state index contributed by atoms with van der Waals surface area (Å²) in [4.78, 5) is 18.0. The van der Waals surface area contributed by atoms with Crippen LogP contribution in [0, 0.1) is 13.8 Å². The Morgan fingerprint density at radius 1 is 1.31 bits per heavy atom. The van der Waals surface area contributed by atoms with Crippen LogP contribution in [-0.4, -0.2) is 45.0 Å². The van der Waals surface area contributed by atoms with Crippen molar-refractivity contribution in [3.8, 4) is 0 Å². The molecule has 3 N–H and O–H groups in total. The Balaban J connectivity index is 0.00000240. The molecule has 0 bridgehead atoms. The number of aliphatic hydroxyl groups excluding tert-OH is 1. The van der Waals surface area contributed by atoms with E-state index < -0.39 is 11.6 Å². The maximum absolute atomic E-state index is 13.5. The number of carbonyl (C=O) groups is 1. The number of nitrogens with zero attached hydrogens (tertiary/aromatic N) is 3. The second-order valence-electron chi connectivity index (χ2n) is 7.48. The van der Waals surface area contributed by atoms with Gasteiger partial charge in [-0.3, -0.25) is 9.48 Å². The molecule has 0 spiro atoms. The van der Waals surface area contributed by atoms with E-state index in [1.54, 1.807) is 10.7 Å². The number of pyridine rings is 1. The highest BCUT2D eigenvalue weighted by molar-refractivity contribution is 6.06. The zero-order valence-electron chi connectivity index (χ0n) is 16.8. The lowest BCUT2D eigenvalue weighted by Gasteiger charge is -2.43. The highest BCUT2D eigenvalue weighted by Gasteiger charge is 2.43. The van der Waals surface area contributed by atoms with Gasteiger partial charge in [0.05, 0.1) is 28.3 Å². The average Bonchev–Trinajstić information content (AvgIpc) is 2.97. The van der Waals surface area contributed by atoms with Crippen molar-refractivity contribution in [3.63, 3.8) is 0 Å². The molecule has 4 rings (SSSR count). The monoisotopic (exact) mass is 415 g/mol. The number of rotatable bonds is 3. The van der Waals surface area contributed by atoms with E-state index in [9.17, 15) is 9.90 Å². The molecule has 1 aliphatic heterocycles. The molecule has 154 valence electrons. The van der Waals surface area contributed by atoms with Crippen LogP contribution in [0.5, 0.6) is 0 Å². The normalized spacial score (nSPS) is 21.6. The summed E-state index contributed by atoms with van der Waals surface area (Å²) in [6.07, 6.45) is -0.135. The van der Waals surface area contributed by atoms with Crippen molar-refractivity contribution in [1.82, 2.24) is 25.4 Å². The number of β-amino-alcohol motifs (C(OH)–C–C–N with tert-alkyl or cyclic N) is 1. The van der Waals surface area contributed by atoms with Crippen LogP contribution in [-0.2, 0) is 12.6 Å². The molecule has 1 aliphatic rings. The maximum atomic E-state index is 13.5. The zero-order chi connectivity index (χ0) is 19.9. The van der Waals surface area contributed by atoms with E-state index in [1.165, 1.54) is 0 Å². The highest BCUT2D eigenvalue weighted by atomic mass is 35.5. The maximum Gasteiger partial charge on any atom is 0.252 e. The van der Waals surface area contributed by atoms with Crippen molar-refractivity contribution >= 4 is 29.3 Å². The summed E-state index contributed by atoms with van der Waals surface area (Å²) >= 11 is 0. The fraction of sp³-hybridized carbons (Fsp3) is 0.381. The van der Waals surface area contributed by atoms with E-state index >= 15 is 0 Å². The third kappa shape index (κ3) is 3.61. The largest absolute Gasteiger partial charge is 0.389 e. The van der Waals surface area contributed by atoms with E-state index in [0.29, 0.717) is 30.7 Å². The molecule has 0 radical (unpaired) electrons. The minimum atomic E-state index is -0.844. The second kappa shape index (κ2) is 8.10. The van der Waals surface area contributed by atoms with Crippen LogP contribution >= 0.6 is 12.4 Å². The predicted octanol–water partition coefficient (Wildman–Crippen LogP) is 1.99. The van der Waals surface area contributed by atoms with Crippen molar-refractivity contribution in [2.45, 2.75) is 31.9 Å². The molecule has 1 amide bonds. The summed E-state index contributed by atoms with van der Waals surface area (Å²) in [7, 11) is 1.82. The number of fused-ring (bicyclic) bond motifs is 1. The van der Waals surface area contributed by atoms with Gasteiger partial charge in [0.2, 0.25) is 0 Å². The third-order valence-corrected chi connectivity index (χ3v) is 5.57. The van der Waals surface area contributed by atoms with Gasteiger partial charge in [-0.05, 0) is 38.4 Å². The van der Waals surface area contributed by atoms with Crippen LogP contribution < -0.4 is 10.6 Å². The van der Waals surface area contributed by atoms with Crippen molar-refractivity contribution < 1.29 is 9.90 Å². The molecule has 1 saturated heterocycles. The van der Waals surface area contributed by atoms with Gasteiger partial charge in [0.15, 0.2) is 5.65 Å². The van der Waals surface area contributed by atoms with Gasteiger partial charge in [-0.2, -0.15) is 5.10 Å². The lowest BCUT2D eigenvalue weighted by molar-refractivity contribution is 0.0290. The van der Waals surface area contributed by atoms with Crippen LogP contribution in [0.15, 0.2) is 36.4 Å². The van der Waals surface area contributed by atoms with Crippen molar-refractivity contribution in [2.24, 2.45) is 7.05 Å². The Bertz CT molecular complexity index is 1040. The van der Waals surface area contributed by atoms with Crippen LogP contribution in [0.2, 0.25) is 0 Å². The average molecular weight is 416 g/mol. The number of nitrogens with one attached hydrogen (secondary N) is 2. The number of halogens is 1. The molecule has 29 heavy (non-hydrogen) atoms. The first kappa shape index (κ1) is 21.2. The Labute approximate surface area is 175 Å². The number of hydrogen-bond acceptors (Lipinski definition) is 5. The van der Waals surface area contributed by atoms with E-state index in [4.69, 9.17) is 0 Å². The van der Waals surface area contributed by atoms with Crippen molar-refractivity contribution in [2.75, 3.05) is 13.1 Å². The molecule has 2 atom stereocenters. The van der Waals surface area contributed by atoms with E-state index in [1.807, 2.05) is 51.2 Å². The van der Waals surface area contributed by atoms with E-state index in [2.05, 4.69) is 20.7 Å². The quantitative estimate of drug-likeness (QED) is 0.608.